The summed E-state index contributed by atoms with van der Waals surface area (Å²) in [4.78, 5) is 34.8. The van der Waals surface area contributed by atoms with Gasteiger partial charge in [-0.1, -0.05) is 84.7 Å². The van der Waals surface area contributed by atoms with E-state index >= 15 is 0 Å². The predicted octanol–water partition coefficient (Wildman–Crippen LogP) is 7.43. The first-order valence-corrected chi connectivity index (χ1v) is 18.8. The molecule has 0 bridgehead atoms. The Bertz CT molecular complexity index is 2480. The minimum Gasteiger partial charge on any atom is -0.489 e. The van der Waals surface area contributed by atoms with Crippen LogP contribution in [0.1, 0.15) is 35.2 Å². The maximum atomic E-state index is 14.6. The van der Waals surface area contributed by atoms with Crippen LogP contribution in [-0.4, -0.2) is 33.2 Å². The molecule has 4 aromatic carbocycles. The van der Waals surface area contributed by atoms with Crippen molar-refractivity contribution in [2.75, 3.05) is 12.9 Å². The number of aromatic nitrogens is 3. The smallest absolute Gasteiger partial charge is 0.338 e. The summed E-state index contributed by atoms with van der Waals surface area (Å²) in [5, 5.41) is 4.99. The molecule has 0 spiro atoms. The summed E-state index contributed by atoms with van der Waals surface area (Å²) in [6.07, 6.45) is 7.51. The van der Waals surface area contributed by atoms with Crippen LogP contribution < -0.4 is 19.6 Å². The number of para-hydroxylation sites is 1. The van der Waals surface area contributed by atoms with Gasteiger partial charge in [0, 0.05) is 22.2 Å². The van der Waals surface area contributed by atoms with E-state index < -0.39 is 12.0 Å². The average Bonchev–Trinajstić information content (AvgIpc) is 3.73. The van der Waals surface area contributed by atoms with Crippen molar-refractivity contribution >= 4 is 35.1 Å². The monoisotopic (exact) mass is 724 g/mol. The summed E-state index contributed by atoms with van der Waals surface area (Å²) in [6.45, 7) is 8.05. The van der Waals surface area contributed by atoms with Gasteiger partial charge in [0.1, 0.15) is 24.7 Å². The fourth-order valence-corrected chi connectivity index (χ4v) is 7.61. The zero-order valence-electron chi connectivity index (χ0n) is 29.0. The number of hydrogen-bond donors (Lipinski definition) is 0. The molecule has 6 aromatic rings. The summed E-state index contributed by atoms with van der Waals surface area (Å²) < 4.78 is 15.6. The van der Waals surface area contributed by atoms with E-state index in [2.05, 4.69) is 6.58 Å². The first-order valence-electron chi connectivity index (χ1n) is 16.7. The highest BCUT2D eigenvalue weighted by molar-refractivity contribution is 7.98. The van der Waals surface area contributed by atoms with Gasteiger partial charge in [0.2, 0.25) is 0 Å². The minimum absolute atomic E-state index is 0.105. The molecule has 1 atom stereocenters. The highest BCUT2D eigenvalue weighted by atomic mass is 32.2. The molecule has 0 saturated carbocycles. The molecule has 10 heteroatoms. The Hall–Kier alpha value is -5.71. The number of nitrogens with zero attached hydrogens (tertiary/aromatic N) is 4. The molecule has 0 aliphatic carbocycles. The first-order chi connectivity index (χ1) is 25.3. The van der Waals surface area contributed by atoms with Crippen LogP contribution in [0.4, 0.5) is 0 Å². The van der Waals surface area contributed by atoms with Crippen LogP contribution in [0.25, 0.3) is 23.0 Å². The summed E-state index contributed by atoms with van der Waals surface area (Å²) in [5.41, 5.74) is 6.42. The van der Waals surface area contributed by atoms with Crippen molar-refractivity contribution in [1.29, 1.82) is 0 Å². The lowest BCUT2D eigenvalue weighted by molar-refractivity contribution is -0.140. The standard InChI is InChI=1S/C42H36N4O4S2/c1-5-22-49-35-21-18-31(23-27(35)2)38-32(25-45(44-38)33-14-10-7-11-15-33)24-36-40(47)46-39(30-16-19-34(51-4)20-17-30)37(28(3)43-42(46)52-36)41(48)50-26-29-12-8-6-9-13-29/h5-21,23-25,39H,1,22,26H2,2-4H3. The van der Waals surface area contributed by atoms with Gasteiger partial charge in [-0.05, 0) is 85.3 Å². The number of esters is 1. The van der Waals surface area contributed by atoms with Gasteiger partial charge in [-0.25, -0.2) is 14.5 Å². The summed E-state index contributed by atoms with van der Waals surface area (Å²) in [6, 6.07) is 32.5. The molecule has 8 nitrogen and oxygen atoms in total. The lowest BCUT2D eigenvalue weighted by Gasteiger charge is -2.25. The fourth-order valence-electron chi connectivity index (χ4n) is 6.16. The van der Waals surface area contributed by atoms with E-state index in [4.69, 9.17) is 19.6 Å². The molecular weight excluding hydrogens is 689 g/mol. The lowest BCUT2D eigenvalue weighted by Crippen LogP contribution is -2.39. The Kier molecular flexibility index (Phi) is 10.2. The largest absolute Gasteiger partial charge is 0.489 e. The molecule has 1 aliphatic rings. The lowest BCUT2D eigenvalue weighted by atomic mass is 9.96. The van der Waals surface area contributed by atoms with Crippen molar-refractivity contribution in [3.8, 4) is 22.7 Å². The molecule has 0 amide bonds. The van der Waals surface area contributed by atoms with E-state index in [0.717, 1.165) is 44.1 Å². The number of thioether (sulfide) groups is 1. The van der Waals surface area contributed by atoms with Gasteiger partial charge < -0.3 is 9.47 Å². The third-order valence-corrected chi connectivity index (χ3v) is 10.5. The summed E-state index contributed by atoms with van der Waals surface area (Å²) in [7, 11) is 0. The van der Waals surface area contributed by atoms with Gasteiger partial charge in [-0.3, -0.25) is 9.36 Å². The summed E-state index contributed by atoms with van der Waals surface area (Å²) in [5.74, 6) is 0.251. The van der Waals surface area contributed by atoms with Crippen LogP contribution in [0.3, 0.4) is 0 Å². The second kappa shape index (κ2) is 15.3. The number of rotatable bonds is 11. The number of thiazole rings is 1. The van der Waals surface area contributed by atoms with Crippen LogP contribution >= 0.6 is 23.1 Å². The Balaban J connectivity index is 1.35. The van der Waals surface area contributed by atoms with Crippen LogP contribution in [-0.2, 0) is 16.1 Å². The second-order valence-electron chi connectivity index (χ2n) is 12.2. The Morgan fingerprint density at radius 3 is 2.40 bits per heavy atom. The van der Waals surface area contributed by atoms with Gasteiger partial charge >= 0.3 is 5.97 Å². The number of benzene rings is 4. The number of carbonyl (C=O) groups excluding carboxylic acids is 1. The molecule has 7 rings (SSSR count). The summed E-state index contributed by atoms with van der Waals surface area (Å²) >= 11 is 2.91. The molecule has 260 valence electrons. The zero-order valence-corrected chi connectivity index (χ0v) is 30.6. The fraction of sp³-hybridized carbons (Fsp3) is 0.143. The van der Waals surface area contributed by atoms with Crippen molar-refractivity contribution in [3.05, 3.63) is 175 Å². The Morgan fingerprint density at radius 1 is 0.981 bits per heavy atom. The third kappa shape index (κ3) is 7.08. The normalized spacial score (nSPS) is 14.1. The van der Waals surface area contributed by atoms with E-state index in [0.29, 0.717) is 32.9 Å². The van der Waals surface area contributed by atoms with E-state index in [9.17, 15) is 9.59 Å². The number of aryl methyl sites for hydroxylation is 1. The molecule has 0 radical (unpaired) electrons. The number of fused-ring (bicyclic) bond motifs is 1. The van der Waals surface area contributed by atoms with E-state index in [1.165, 1.54) is 11.3 Å². The SMILES string of the molecule is C=CCOc1ccc(-c2nn(-c3ccccc3)cc2C=c2sc3n(c2=O)C(c2ccc(SC)cc2)C(C(=O)OCc2ccccc2)=C(C)N=3)cc1C. The molecule has 0 fully saturated rings. The Morgan fingerprint density at radius 2 is 1.71 bits per heavy atom. The third-order valence-electron chi connectivity index (χ3n) is 8.74. The van der Waals surface area contributed by atoms with Gasteiger partial charge in [-0.15, -0.1) is 11.8 Å². The highest BCUT2D eigenvalue weighted by Crippen LogP contribution is 2.33. The maximum Gasteiger partial charge on any atom is 0.338 e. The van der Waals surface area contributed by atoms with E-state index in [1.807, 2.05) is 133 Å². The van der Waals surface area contributed by atoms with Gasteiger partial charge in [0.15, 0.2) is 4.80 Å². The van der Waals surface area contributed by atoms with Crippen molar-refractivity contribution in [2.45, 2.75) is 31.4 Å². The topological polar surface area (TPSA) is 87.7 Å². The molecular formula is C42H36N4O4S2. The molecule has 2 aromatic heterocycles. The van der Waals surface area contributed by atoms with Gasteiger partial charge in [0.05, 0.1) is 27.5 Å². The van der Waals surface area contributed by atoms with Crippen molar-refractivity contribution < 1.29 is 14.3 Å². The van der Waals surface area contributed by atoms with Gasteiger partial charge in [0.25, 0.3) is 5.56 Å². The van der Waals surface area contributed by atoms with Gasteiger partial charge in [-0.2, -0.15) is 5.10 Å². The van der Waals surface area contributed by atoms with E-state index in [1.54, 1.807) is 29.3 Å². The first kappa shape index (κ1) is 34.7. The van der Waals surface area contributed by atoms with Crippen LogP contribution in [0.15, 0.2) is 148 Å². The number of carbonyl (C=O) groups is 1. The maximum absolute atomic E-state index is 14.6. The zero-order chi connectivity index (χ0) is 36.2. The van der Waals surface area contributed by atoms with Crippen molar-refractivity contribution in [2.24, 2.45) is 4.99 Å². The van der Waals surface area contributed by atoms with E-state index in [-0.39, 0.29) is 12.2 Å². The quantitative estimate of drug-likeness (QED) is 0.0786. The average molecular weight is 725 g/mol. The van der Waals surface area contributed by atoms with Crippen molar-refractivity contribution in [1.82, 2.24) is 14.3 Å². The minimum atomic E-state index is -0.727. The molecule has 0 saturated heterocycles. The molecule has 0 N–H and O–H groups in total. The van der Waals surface area contributed by atoms with Crippen LogP contribution in [0.2, 0.25) is 0 Å². The molecule has 3 heterocycles. The van der Waals surface area contributed by atoms with Crippen molar-refractivity contribution in [3.63, 3.8) is 0 Å². The molecule has 1 aliphatic heterocycles. The highest BCUT2D eigenvalue weighted by Gasteiger charge is 2.33. The molecule has 1 unspecified atom stereocenters. The van der Waals surface area contributed by atoms with Crippen LogP contribution in [0, 0.1) is 6.92 Å². The number of allylic oxidation sites excluding steroid dienone is 1. The van der Waals surface area contributed by atoms with Crippen LogP contribution in [0.5, 0.6) is 5.75 Å². The predicted molar refractivity (Wildman–Crippen MR) is 208 cm³/mol. The molecule has 52 heavy (non-hydrogen) atoms. The number of hydrogen-bond acceptors (Lipinski definition) is 8. The number of ether oxygens (including phenoxy) is 2. The second-order valence-corrected chi connectivity index (χ2v) is 14.1. The Labute approximate surface area is 309 Å².